The van der Waals surface area contributed by atoms with Gasteiger partial charge in [-0.15, -0.1) is 12.4 Å². The second-order valence-electron chi connectivity index (χ2n) is 3.92. The number of nitrogens with one attached hydrogen (secondary N) is 1. The van der Waals surface area contributed by atoms with Gasteiger partial charge in [-0.3, -0.25) is 4.79 Å². The Kier molecular flexibility index (Phi) is 7.96. The third-order valence-electron chi connectivity index (χ3n) is 2.21. The highest BCUT2D eigenvalue weighted by atomic mass is 35.5. The van der Waals surface area contributed by atoms with E-state index < -0.39 is 0 Å². The van der Waals surface area contributed by atoms with Crippen molar-refractivity contribution in [3.8, 4) is 0 Å². The van der Waals surface area contributed by atoms with Gasteiger partial charge >= 0.3 is 0 Å². The van der Waals surface area contributed by atoms with Crippen LogP contribution in [-0.2, 0) is 11.3 Å². The van der Waals surface area contributed by atoms with Crippen LogP contribution in [0.2, 0.25) is 5.02 Å². The van der Waals surface area contributed by atoms with Crippen LogP contribution >= 0.6 is 24.0 Å². The SMILES string of the molecule is CC(N)CCC(=O)NCc1cccc(Cl)c1.Cl. The van der Waals surface area contributed by atoms with Gasteiger partial charge in [-0.05, 0) is 31.0 Å². The Bertz CT molecular complexity index is 356. The summed E-state index contributed by atoms with van der Waals surface area (Å²) in [5, 5.41) is 3.51. The molecule has 3 N–H and O–H groups in total. The second kappa shape index (κ2) is 8.34. The van der Waals surface area contributed by atoms with E-state index in [9.17, 15) is 4.79 Å². The Morgan fingerprint density at radius 3 is 2.82 bits per heavy atom. The maximum atomic E-state index is 11.4. The Morgan fingerprint density at radius 2 is 2.24 bits per heavy atom. The van der Waals surface area contributed by atoms with E-state index in [0.29, 0.717) is 24.4 Å². The highest BCUT2D eigenvalue weighted by molar-refractivity contribution is 6.30. The number of hydrogen-bond acceptors (Lipinski definition) is 2. The molecule has 0 aliphatic heterocycles. The van der Waals surface area contributed by atoms with Crippen molar-refractivity contribution in [2.24, 2.45) is 5.73 Å². The fraction of sp³-hybridized carbons (Fsp3) is 0.417. The van der Waals surface area contributed by atoms with E-state index in [-0.39, 0.29) is 24.4 Å². The molecule has 0 aliphatic carbocycles. The molecule has 0 aromatic heterocycles. The number of carbonyl (C=O) groups is 1. The van der Waals surface area contributed by atoms with Crippen LogP contribution in [0, 0.1) is 0 Å². The van der Waals surface area contributed by atoms with Crippen LogP contribution < -0.4 is 11.1 Å². The Morgan fingerprint density at radius 1 is 1.53 bits per heavy atom. The third kappa shape index (κ3) is 7.21. The smallest absolute Gasteiger partial charge is 0.220 e. The molecular formula is C12H18Cl2N2O. The molecule has 0 spiro atoms. The minimum absolute atomic E-state index is 0. The minimum atomic E-state index is 0. The van der Waals surface area contributed by atoms with Crippen LogP contribution in [-0.4, -0.2) is 11.9 Å². The number of benzene rings is 1. The molecule has 5 heteroatoms. The van der Waals surface area contributed by atoms with Gasteiger partial charge < -0.3 is 11.1 Å². The molecular weight excluding hydrogens is 259 g/mol. The highest BCUT2D eigenvalue weighted by Gasteiger charge is 2.03. The van der Waals surface area contributed by atoms with E-state index in [2.05, 4.69) is 5.32 Å². The highest BCUT2D eigenvalue weighted by Crippen LogP contribution is 2.10. The number of hydrogen-bond donors (Lipinski definition) is 2. The summed E-state index contributed by atoms with van der Waals surface area (Å²) in [6.07, 6.45) is 1.18. The predicted molar refractivity (Wildman–Crippen MR) is 73.4 cm³/mol. The van der Waals surface area contributed by atoms with Gasteiger partial charge in [-0.25, -0.2) is 0 Å². The van der Waals surface area contributed by atoms with Gasteiger partial charge in [0.05, 0.1) is 0 Å². The zero-order valence-electron chi connectivity index (χ0n) is 9.78. The van der Waals surface area contributed by atoms with Crippen LogP contribution in [0.3, 0.4) is 0 Å². The molecule has 1 aromatic carbocycles. The lowest BCUT2D eigenvalue weighted by Crippen LogP contribution is -2.25. The Hall–Kier alpha value is -0.770. The van der Waals surface area contributed by atoms with Crippen LogP contribution in [0.25, 0.3) is 0 Å². The monoisotopic (exact) mass is 276 g/mol. The summed E-state index contributed by atoms with van der Waals surface area (Å²) in [4.78, 5) is 11.4. The lowest BCUT2D eigenvalue weighted by molar-refractivity contribution is -0.121. The third-order valence-corrected chi connectivity index (χ3v) is 2.44. The van der Waals surface area contributed by atoms with Crippen molar-refractivity contribution in [1.82, 2.24) is 5.32 Å². The summed E-state index contributed by atoms with van der Waals surface area (Å²) < 4.78 is 0. The zero-order valence-corrected chi connectivity index (χ0v) is 11.4. The predicted octanol–water partition coefficient (Wildman–Crippen LogP) is 2.51. The van der Waals surface area contributed by atoms with Crippen LogP contribution in [0.15, 0.2) is 24.3 Å². The summed E-state index contributed by atoms with van der Waals surface area (Å²) in [6.45, 7) is 2.41. The maximum Gasteiger partial charge on any atom is 0.220 e. The minimum Gasteiger partial charge on any atom is -0.352 e. The molecule has 0 aliphatic rings. The maximum absolute atomic E-state index is 11.4. The average molecular weight is 277 g/mol. The largest absolute Gasteiger partial charge is 0.352 e. The molecule has 0 radical (unpaired) electrons. The lowest BCUT2D eigenvalue weighted by atomic mass is 10.2. The van der Waals surface area contributed by atoms with E-state index in [1.165, 1.54) is 0 Å². The number of amides is 1. The van der Waals surface area contributed by atoms with Gasteiger partial charge in [0.2, 0.25) is 5.91 Å². The summed E-state index contributed by atoms with van der Waals surface area (Å²) >= 11 is 5.83. The standard InChI is InChI=1S/C12H17ClN2O.ClH/c1-9(14)5-6-12(16)15-8-10-3-2-4-11(13)7-10;/h2-4,7,9H,5-6,8,14H2,1H3,(H,15,16);1H. The molecule has 0 bridgehead atoms. The Labute approximate surface area is 113 Å². The summed E-state index contributed by atoms with van der Waals surface area (Å²) in [6, 6.07) is 7.51. The summed E-state index contributed by atoms with van der Waals surface area (Å²) in [7, 11) is 0. The first-order chi connectivity index (χ1) is 7.58. The van der Waals surface area contributed by atoms with Gasteiger partial charge in [0, 0.05) is 24.0 Å². The molecule has 0 fully saturated rings. The van der Waals surface area contributed by atoms with Crippen molar-refractivity contribution in [3.05, 3.63) is 34.9 Å². The summed E-state index contributed by atoms with van der Waals surface area (Å²) in [5.41, 5.74) is 6.57. The molecule has 96 valence electrons. The first-order valence-corrected chi connectivity index (χ1v) is 5.72. The normalized spacial score (nSPS) is 11.5. The quantitative estimate of drug-likeness (QED) is 0.868. The lowest BCUT2D eigenvalue weighted by Gasteiger charge is -2.07. The van der Waals surface area contributed by atoms with E-state index in [1.54, 1.807) is 0 Å². The van der Waals surface area contributed by atoms with Crippen molar-refractivity contribution in [2.75, 3.05) is 0 Å². The second-order valence-corrected chi connectivity index (χ2v) is 4.36. The van der Waals surface area contributed by atoms with Crippen LogP contribution in [0.5, 0.6) is 0 Å². The van der Waals surface area contributed by atoms with Gasteiger partial charge in [0.25, 0.3) is 0 Å². The molecule has 17 heavy (non-hydrogen) atoms. The average Bonchev–Trinajstić information content (AvgIpc) is 2.23. The van der Waals surface area contributed by atoms with Gasteiger partial charge in [0.1, 0.15) is 0 Å². The van der Waals surface area contributed by atoms with Crippen LogP contribution in [0.4, 0.5) is 0 Å². The topological polar surface area (TPSA) is 55.1 Å². The van der Waals surface area contributed by atoms with Crippen molar-refractivity contribution in [3.63, 3.8) is 0 Å². The zero-order chi connectivity index (χ0) is 12.0. The number of nitrogens with two attached hydrogens (primary N) is 1. The fourth-order valence-electron chi connectivity index (χ4n) is 1.29. The molecule has 0 heterocycles. The number of carbonyl (C=O) groups excluding carboxylic acids is 1. The van der Waals surface area contributed by atoms with E-state index >= 15 is 0 Å². The van der Waals surface area contributed by atoms with E-state index in [0.717, 1.165) is 5.56 Å². The molecule has 0 saturated carbocycles. The number of halogens is 2. The van der Waals surface area contributed by atoms with E-state index in [4.69, 9.17) is 17.3 Å². The first-order valence-electron chi connectivity index (χ1n) is 5.34. The molecule has 1 atom stereocenters. The summed E-state index contributed by atoms with van der Waals surface area (Å²) in [5.74, 6) is 0.0253. The van der Waals surface area contributed by atoms with Crippen molar-refractivity contribution in [1.29, 1.82) is 0 Å². The van der Waals surface area contributed by atoms with E-state index in [1.807, 2.05) is 31.2 Å². The molecule has 0 saturated heterocycles. The van der Waals surface area contributed by atoms with Crippen molar-refractivity contribution >= 4 is 29.9 Å². The Balaban J connectivity index is 0.00000256. The van der Waals surface area contributed by atoms with Crippen molar-refractivity contribution in [2.45, 2.75) is 32.4 Å². The number of rotatable bonds is 5. The molecule has 1 aromatic rings. The molecule has 1 amide bonds. The van der Waals surface area contributed by atoms with Crippen LogP contribution in [0.1, 0.15) is 25.3 Å². The van der Waals surface area contributed by atoms with Gasteiger partial charge in [0.15, 0.2) is 0 Å². The van der Waals surface area contributed by atoms with Gasteiger partial charge in [-0.2, -0.15) is 0 Å². The molecule has 1 rings (SSSR count). The first kappa shape index (κ1) is 16.2. The molecule has 1 unspecified atom stereocenters. The fourth-order valence-corrected chi connectivity index (χ4v) is 1.51. The van der Waals surface area contributed by atoms with Crippen molar-refractivity contribution < 1.29 is 4.79 Å². The van der Waals surface area contributed by atoms with Gasteiger partial charge in [-0.1, -0.05) is 23.7 Å². The molecule has 3 nitrogen and oxygen atoms in total.